The van der Waals surface area contributed by atoms with Crippen LogP contribution in [0, 0.1) is 0 Å². The molecule has 0 aromatic rings. The van der Waals surface area contributed by atoms with Crippen LogP contribution in [0.4, 0.5) is 0 Å². The van der Waals surface area contributed by atoms with E-state index in [1.165, 1.54) is 128 Å². The molecule has 17 atom stereocenters. The standard InChI is InChI=1S/C63H117NO18/c1-3-5-7-9-11-13-15-17-18-19-20-21-22-23-24-25-26-27-29-30-32-34-36-38-40-47(68)46(64-51(69)41-39-37-35-33-31-28-16-14-12-10-8-6-4-2)45-77-61-57(75)54(72)59(49(43-66)79-61)82-63-58(76)55(73)60(50(44-67)80-63)81-62-56(74)53(71)52(70)48(42-65)78-62/h8,10,14,16,46-50,52-63,65-68,70-76H,3-7,9,11-13,15,17-45H2,1-2H3,(H,64,69)/b10-8-,16-14-. The molecule has 3 saturated heterocycles. The molecule has 19 nitrogen and oxygen atoms in total. The van der Waals surface area contributed by atoms with Crippen LogP contribution >= 0.6 is 0 Å². The van der Waals surface area contributed by atoms with E-state index in [2.05, 4.69) is 43.5 Å². The lowest BCUT2D eigenvalue weighted by Crippen LogP contribution is -2.66. The van der Waals surface area contributed by atoms with Gasteiger partial charge in [0.05, 0.1) is 38.6 Å². The van der Waals surface area contributed by atoms with Crippen LogP contribution in [0.5, 0.6) is 0 Å². The minimum atomic E-state index is -1.97. The fraction of sp³-hybridized carbons (Fsp3) is 0.921. The third kappa shape index (κ3) is 29.3. The Morgan fingerprint density at radius 1 is 0.439 bits per heavy atom. The molecule has 0 aromatic carbocycles. The summed E-state index contributed by atoms with van der Waals surface area (Å²) in [6, 6.07) is -0.893. The van der Waals surface area contributed by atoms with E-state index in [1.54, 1.807) is 0 Å². The molecular weight excluding hydrogens is 1060 g/mol. The molecule has 3 fully saturated rings. The van der Waals surface area contributed by atoms with Crippen molar-refractivity contribution in [3.63, 3.8) is 0 Å². The number of carbonyl (C=O) groups excluding carboxylic acids is 1. The lowest BCUT2D eigenvalue weighted by molar-refractivity contribution is -0.379. The van der Waals surface area contributed by atoms with E-state index in [4.69, 9.17) is 28.4 Å². The Balaban J connectivity index is 1.44. The normalized spacial score (nSPS) is 29.7. The molecule has 3 aliphatic rings. The number of ether oxygens (including phenoxy) is 6. The van der Waals surface area contributed by atoms with Gasteiger partial charge in [0.2, 0.25) is 5.91 Å². The number of carbonyl (C=O) groups is 1. The van der Waals surface area contributed by atoms with Gasteiger partial charge in [-0.25, -0.2) is 0 Å². The van der Waals surface area contributed by atoms with E-state index in [9.17, 15) is 61.0 Å². The van der Waals surface area contributed by atoms with Crippen molar-refractivity contribution in [2.24, 2.45) is 0 Å². The first-order valence-electron chi connectivity index (χ1n) is 32.6. The average Bonchev–Trinajstić information content (AvgIpc) is 3.42. The largest absolute Gasteiger partial charge is 0.394 e. The van der Waals surface area contributed by atoms with Crippen molar-refractivity contribution >= 4 is 5.91 Å². The molecule has 3 rings (SSSR count). The maximum atomic E-state index is 13.3. The summed E-state index contributed by atoms with van der Waals surface area (Å²) in [6.07, 6.45) is 22.7. The summed E-state index contributed by atoms with van der Waals surface area (Å²) in [5, 5.41) is 120. The fourth-order valence-corrected chi connectivity index (χ4v) is 11.2. The van der Waals surface area contributed by atoms with Crippen LogP contribution < -0.4 is 5.32 Å². The Morgan fingerprint density at radius 3 is 1.29 bits per heavy atom. The molecule has 0 radical (unpaired) electrons. The van der Waals surface area contributed by atoms with E-state index in [1.807, 2.05) is 0 Å². The highest BCUT2D eigenvalue weighted by Crippen LogP contribution is 2.33. The van der Waals surface area contributed by atoms with E-state index in [-0.39, 0.29) is 18.9 Å². The Morgan fingerprint density at radius 2 is 0.829 bits per heavy atom. The third-order valence-corrected chi connectivity index (χ3v) is 16.5. The van der Waals surface area contributed by atoms with Crippen molar-refractivity contribution in [2.45, 2.75) is 343 Å². The molecule has 1 amide bonds. The minimum Gasteiger partial charge on any atom is -0.394 e. The number of hydrogen-bond donors (Lipinski definition) is 12. The number of rotatable bonds is 49. The predicted octanol–water partition coefficient (Wildman–Crippen LogP) is 7.10. The number of unbranched alkanes of at least 4 members (excludes halogenated alkanes) is 29. The summed E-state index contributed by atoms with van der Waals surface area (Å²) in [5.74, 6) is -0.256. The highest BCUT2D eigenvalue weighted by atomic mass is 16.8. The van der Waals surface area contributed by atoms with Crippen molar-refractivity contribution in [1.29, 1.82) is 0 Å². The van der Waals surface area contributed by atoms with Gasteiger partial charge in [0.1, 0.15) is 73.2 Å². The zero-order valence-corrected chi connectivity index (χ0v) is 50.5. The first kappa shape index (κ1) is 74.5. The number of aliphatic hydroxyl groups is 11. The highest BCUT2D eigenvalue weighted by molar-refractivity contribution is 5.76. The smallest absolute Gasteiger partial charge is 0.220 e. The van der Waals surface area contributed by atoms with Gasteiger partial charge in [-0.05, 0) is 38.5 Å². The van der Waals surface area contributed by atoms with Gasteiger partial charge in [-0.3, -0.25) is 4.79 Å². The van der Waals surface area contributed by atoms with Gasteiger partial charge in [-0.2, -0.15) is 0 Å². The Bertz CT molecular complexity index is 1590. The number of hydrogen-bond acceptors (Lipinski definition) is 18. The van der Waals surface area contributed by atoms with Gasteiger partial charge in [0, 0.05) is 6.42 Å². The van der Waals surface area contributed by atoms with Crippen molar-refractivity contribution in [2.75, 3.05) is 26.4 Å². The van der Waals surface area contributed by atoms with Crippen molar-refractivity contribution in [3.8, 4) is 0 Å². The lowest BCUT2D eigenvalue weighted by atomic mass is 9.96. The molecular formula is C63H117NO18. The lowest BCUT2D eigenvalue weighted by Gasteiger charge is -2.48. The van der Waals surface area contributed by atoms with Gasteiger partial charge >= 0.3 is 0 Å². The predicted molar refractivity (Wildman–Crippen MR) is 314 cm³/mol. The summed E-state index contributed by atoms with van der Waals surface area (Å²) >= 11 is 0. The molecule has 0 bridgehead atoms. The highest BCUT2D eigenvalue weighted by Gasteiger charge is 2.53. The quantitative estimate of drug-likeness (QED) is 0.0213. The van der Waals surface area contributed by atoms with E-state index in [0.29, 0.717) is 12.8 Å². The van der Waals surface area contributed by atoms with Gasteiger partial charge in [-0.1, -0.05) is 218 Å². The van der Waals surface area contributed by atoms with Crippen molar-refractivity contribution in [1.82, 2.24) is 5.32 Å². The van der Waals surface area contributed by atoms with E-state index >= 15 is 0 Å². The molecule has 19 heteroatoms. The van der Waals surface area contributed by atoms with Crippen LogP contribution in [-0.4, -0.2) is 193 Å². The summed E-state index contributed by atoms with van der Waals surface area (Å²) in [5.41, 5.74) is 0. The summed E-state index contributed by atoms with van der Waals surface area (Å²) in [7, 11) is 0. The summed E-state index contributed by atoms with van der Waals surface area (Å²) in [6.45, 7) is 1.73. The first-order chi connectivity index (χ1) is 39.8. The Hall–Kier alpha value is -1.73. The van der Waals surface area contributed by atoms with E-state index < -0.39 is 124 Å². The van der Waals surface area contributed by atoms with Gasteiger partial charge in [-0.15, -0.1) is 0 Å². The second-order valence-electron chi connectivity index (χ2n) is 23.6. The van der Waals surface area contributed by atoms with Crippen LogP contribution in [0.25, 0.3) is 0 Å². The number of aliphatic hydroxyl groups excluding tert-OH is 11. The van der Waals surface area contributed by atoms with Crippen molar-refractivity contribution in [3.05, 3.63) is 24.3 Å². The molecule has 82 heavy (non-hydrogen) atoms. The van der Waals surface area contributed by atoms with Crippen molar-refractivity contribution < 1.29 is 89.4 Å². The van der Waals surface area contributed by atoms with Gasteiger partial charge < -0.3 is 89.9 Å². The number of allylic oxidation sites excluding steroid dienone is 4. The molecule has 0 aliphatic carbocycles. The SMILES string of the molecule is CCC/C=C\C/C=C\CCCCCCCC(=O)NC(COC1OC(CO)C(OC2OC(CO)C(OC3OC(CO)C(O)C(O)C3O)C(O)C2O)C(O)C1O)C(O)CCCCCCCCCCCCCCCCCCCCCCCCCC. The summed E-state index contributed by atoms with van der Waals surface area (Å²) in [4.78, 5) is 13.3. The number of amides is 1. The molecule has 17 unspecified atom stereocenters. The second kappa shape index (κ2) is 46.4. The molecule has 0 saturated carbocycles. The topological polar surface area (TPSA) is 307 Å². The zero-order valence-electron chi connectivity index (χ0n) is 50.5. The number of nitrogens with one attached hydrogen (secondary N) is 1. The Labute approximate surface area is 492 Å². The van der Waals surface area contributed by atoms with Crippen LogP contribution in [-0.2, 0) is 33.2 Å². The van der Waals surface area contributed by atoms with Gasteiger partial charge in [0.25, 0.3) is 0 Å². The molecule has 12 N–H and O–H groups in total. The molecule has 482 valence electrons. The zero-order chi connectivity index (χ0) is 59.7. The molecule has 3 aliphatic heterocycles. The minimum absolute atomic E-state index is 0.251. The van der Waals surface area contributed by atoms with Crippen LogP contribution in [0.3, 0.4) is 0 Å². The van der Waals surface area contributed by atoms with Crippen LogP contribution in [0.15, 0.2) is 24.3 Å². The van der Waals surface area contributed by atoms with E-state index in [0.717, 1.165) is 77.0 Å². The fourth-order valence-electron chi connectivity index (χ4n) is 11.2. The van der Waals surface area contributed by atoms with Crippen LogP contribution in [0.1, 0.15) is 239 Å². The maximum Gasteiger partial charge on any atom is 0.220 e. The molecule has 0 aromatic heterocycles. The molecule has 3 heterocycles. The monoisotopic (exact) mass is 1180 g/mol. The first-order valence-corrected chi connectivity index (χ1v) is 32.6. The maximum absolute atomic E-state index is 13.3. The molecule has 0 spiro atoms. The van der Waals surface area contributed by atoms with Gasteiger partial charge in [0.15, 0.2) is 18.9 Å². The third-order valence-electron chi connectivity index (χ3n) is 16.5. The second-order valence-corrected chi connectivity index (χ2v) is 23.6. The summed E-state index contributed by atoms with van der Waals surface area (Å²) < 4.78 is 34.3. The Kier molecular flexibility index (Phi) is 42.2. The van der Waals surface area contributed by atoms with Crippen LogP contribution in [0.2, 0.25) is 0 Å². The average molecular weight is 1180 g/mol.